The summed E-state index contributed by atoms with van der Waals surface area (Å²) in [6, 6.07) is 13.0. The number of hydrogen-bond donors (Lipinski definition) is 2. The maximum Gasteiger partial charge on any atom is 0.416 e. The fraction of sp³-hybridized carbons (Fsp3) is 0.281. The van der Waals surface area contributed by atoms with Crippen molar-refractivity contribution in [1.29, 1.82) is 0 Å². The van der Waals surface area contributed by atoms with Gasteiger partial charge in [0.2, 0.25) is 0 Å². The number of anilines is 1. The van der Waals surface area contributed by atoms with Crippen molar-refractivity contribution in [3.8, 4) is 22.4 Å². The number of aromatic nitrogens is 2. The first-order valence-electron chi connectivity index (χ1n) is 14.7. The highest BCUT2D eigenvalue weighted by molar-refractivity contribution is 7.16. The van der Waals surface area contributed by atoms with Crippen LogP contribution in [0.25, 0.3) is 10.6 Å². The van der Waals surface area contributed by atoms with Crippen molar-refractivity contribution in [3.05, 3.63) is 102 Å². The van der Waals surface area contributed by atoms with Crippen LogP contribution in [-0.2, 0) is 12.7 Å². The predicted octanol–water partition coefficient (Wildman–Crippen LogP) is 7.31. The van der Waals surface area contributed by atoms with E-state index in [0.29, 0.717) is 50.4 Å². The Bertz CT molecular complexity index is 1890. The number of halogens is 5. The van der Waals surface area contributed by atoms with Crippen LogP contribution in [0.5, 0.6) is 0 Å². The van der Waals surface area contributed by atoms with E-state index in [-0.39, 0.29) is 23.1 Å². The van der Waals surface area contributed by atoms with Crippen molar-refractivity contribution in [3.63, 3.8) is 0 Å². The van der Waals surface area contributed by atoms with Crippen LogP contribution in [0.15, 0.2) is 59.6 Å². The molecule has 4 aromatic rings. The summed E-state index contributed by atoms with van der Waals surface area (Å²) in [7, 11) is 1.43. The fourth-order valence-electron chi connectivity index (χ4n) is 5.07. The number of alkyl halides is 3. The first kappa shape index (κ1) is 34.9. The van der Waals surface area contributed by atoms with Crippen molar-refractivity contribution >= 4 is 52.0 Å². The number of amides is 1. The molecular weight excluding hydrogens is 690 g/mol. The molecule has 0 radical (unpaired) electrons. The van der Waals surface area contributed by atoms with E-state index in [1.54, 1.807) is 30.3 Å². The Balaban J connectivity index is 1.51. The lowest BCUT2D eigenvalue weighted by atomic mass is 10.1. The minimum absolute atomic E-state index is 0.0277. The molecule has 1 fully saturated rings. The van der Waals surface area contributed by atoms with E-state index in [9.17, 15) is 28.1 Å². The number of nitro groups is 1. The third-order valence-corrected chi connectivity index (χ3v) is 8.98. The maximum atomic E-state index is 14.4. The summed E-state index contributed by atoms with van der Waals surface area (Å²) in [6.07, 6.45) is -1.67. The topological polar surface area (TPSA) is 120 Å². The van der Waals surface area contributed by atoms with Gasteiger partial charge in [-0.2, -0.15) is 18.3 Å². The molecule has 48 heavy (non-hydrogen) atoms. The fourth-order valence-corrected chi connectivity index (χ4v) is 6.44. The summed E-state index contributed by atoms with van der Waals surface area (Å²) in [6.45, 7) is 0.643. The summed E-state index contributed by atoms with van der Waals surface area (Å²) in [4.78, 5) is 30.4. The molecule has 0 unspecified atom stereocenters. The smallest absolute Gasteiger partial charge is 0.364 e. The van der Waals surface area contributed by atoms with Gasteiger partial charge in [0.15, 0.2) is 11.5 Å². The SMILES string of the molecule is CN=C(C[N+](=O)[O-])NCc1c(C(=O)N(c2ccc(Cl)cc2Cl)N2CCCCC2)n[nH]c1-c1ccc(C#Cc2ccc(C(F)(F)F)cc2)s1. The Hall–Kier alpha value is -4.42. The number of hydrazine groups is 1. The molecule has 5 rings (SSSR count). The van der Waals surface area contributed by atoms with Gasteiger partial charge in [0, 0.05) is 47.8 Å². The number of H-pyrrole nitrogens is 1. The molecular formula is C32H28Cl2F3N7O3S. The van der Waals surface area contributed by atoms with Gasteiger partial charge in [0.1, 0.15) is 0 Å². The molecule has 0 spiro atoms. The molecule has 1 aliphatic rings. The highest BCUT2D eigenvalue weighted by atomic mass is 35.5. The first-order chi connectivity index (χ1) is 22.9. The van der Waals surface area contributed by atoms with Crippen LogP contribution in [0.4, 0.5) is 18.9 Å². The third kappa shape index (κ3) is 8.35. The number of hydrogen-bond acceptors (Lipinski definition) is 7. The first-order valence-corrected chi connectivity index (χ1v) is 16.2. The van der Waals surface area contributed by atoms with Crippen molar-refractivity contribution < 1.29 is 22.9 Å². The molecule has 10 nitrogen and oxygen atoms in total. The molecule has 0 aliphatic carbocycles. The van der Waals surface area contributed by atoms with E-state index in [4.69, 9.17) is 23.2 Å². The van der Waals surface area contributed by atoms with Crippen LogP contribution in [-0.4, -0.2) is 58.6 Å². The van der Waals surface area contributed by atoms with E-state index in [1.807, 2.05) is 5.01 Å². The van der Waals surface area contributed by atoms with Gasteiger partial charge in [-0.1, -0.05) is 41.5 Å². The number of nitrogens with one attached hydrogen (secondary N) is 2. The number of aromatic amines is 1. The second-order valence-corrected chi connectivity index (χ2v) is 12.6. The number of benzene rings is 2. The van der Waals surface area contributed by atoms with Crippen LogP contribution in [0.1, 0.15) is 51.3 Å². The zero-order chi connectivity index (χ0) is 34.4. The number of carbonyl (C=O) groups is 1. The number of piperidine rings is 1. The zero-order valence-corrected chi connectivity index (χ0v) is 27.7. The van der Waals surface area contributed by atoms with Gasteiger partial charge in [-0.25, -0.2) is 10.0 Å². The quantitative estimate of drug-likeness (QED) is 0.0649. The molecule has 3 heterocycles. The highest BCUT2D eigenvalue weighted by Gasteiger charge is 2.33. The minimum Gasteiger partial charge on any atom is -0.364 e. The molecule has 250 valence electrons. The Labute approximate surface area is 287 Å². The largest absolute Gasteiger partial charge is 0.416 e. The Morgan fingerprint density at radius 2 is 1.85 bits per heavy atom. The van der Waals surface area contributed by atoms with Gasteiger partial charge in [-0.3, -0.25) is 25.0 Å². The molecule has 0 saturated carbocycles. The summed E-state index contributed by atoms with van der Waals surface area (Å²) < 4.78 is 38.8. The minimum atomic E-state index is -4.44. The number of carbonyl (C=O) groups excluding carboxylic acids is 1. The number of nitrogens with zero attached hydrogens (tertiary/aromatic N) is 5. The average Bonchev–Trinajstić information content (AvgIpc) is 3.70. The second kappa shape index (κ2) is 15.2. The van der Waals surface area contributed by atoms with Crippen molar-refractivity contribution in [2.45, 2.75) is 32.0 Å². The Morgan fingerprint density at radius 3 is 2.50 bits per heavy atom. The van der Waals surface area contributed by atoms with Gasteiger partial charge in [-0.05, 0) is 67.4 Å². The van der Waals surface area contributed by atoms with Gasteiger partial charge < -0.3 is 5.32 Å². The molecule has 1 saturated heterocycles. The molecule has 0 bridgehead atoms. The number of rotatable bonds is 8. The van der Waals surface area contributed by atoms with E-state index in [1.165, 1.54) is 35.5 Å². The van der Waals surface area contributed by atoms with Crippen LogP contribution in [0.2, 0.25) is 10.0 Å². The van der Waals surface area contributed by atoms with Crippen LogP contribution >= 0.6 is 34.5 Å². The summed E-state index contributed by atoms with van der Waals surface area (Å²) >= 11 is 14.0. The molecule has 2 N–H and O–H groups in total. The molecule has 1 amide bonds. The van der Waals surface area contributed by atoms with E-state index < -0.39 is 29.1 Å². The predicted molar refractivity (Wildman–Crippen MR) is 180 cm³/mol. The van der Waals surface area contributed by atoms with Gasteiger partial charge in [-0.15, -0.1) is 11.3 Å². The van der Waals surface area contributed by atoms with Crippen LogP contribution < -0.4 is 10.3 Å². The highest BCUT2D eigenvalue weighted by Crippen LogP contribution is 2.35. The molecule has 2 aromatic heterocycles. The van der Waals surface area contributed by atoms with Gasteiger partial charge >= 0.3 is 6.18 Å². The van der Waals surface area contributed by atoms with E-state index >= 15 is 0 Å². The monoisotopic (exact) mass is 717 g/mol. The third-order valence-electron chi connectivity index (χ3n) is 7.43. The molecule has 16 heteroatoms. The van der Waals surface area contributed by atoms with Crippen molar-refractivity contribution in [2.24, 2.45) is 4.99 Å². The Kier molecular flexibility index (Phi) is 11.1. The lowest BCUT2D eigenvalue weighted by Crippen LogP contribution is -2.49. The summed E-state index contributed by atoms with van der Waals surface area (Å²) in [5.74, 6) is 5.48. The standard InChI is InChI=1S/C32H28Cl2F3N7O3S/c1-38-28(19-43(46)47)39-18-24-29(27-14-12-23(48-27)11-7-20-5-8-21(9-6-20)32(35,36)37)40-41-30(24)31(45)44(42-15-3-2-4-16-42)26-13-10-22(33)17-25(26)34/h5-6,8-10,12-14,17H,2-4,15-16,18-19H2,1H3,(H,38,39)(H,40,41). The number of amidine groups is 1. The maximum absolute atomic E-state index is 14.4. The molecule has 0 atom stereocenters. The normalized spacial score (nSPS) is 13.9. The van der Waals surface area contributed by atoms with Crippen molar-refractivity contribution in [2.75, 3.05) is 31.7 Å². The Morgan fingerprint density at radius 1 is 1.12 bits per heavy atom. The molecule has 2 aromatic carbocycles. The van der Waals surface area contributed by atoms with E-state index in [0.717, 1.165) is 31.4 Å². The van der Waals surface area contributed by atoms with E-state index in [2.05, 4.69) is 32.3 Å². The molecule has 1 aliphatic heterocycles. The summed E-state index contributed by atoms with van der Waals surface area (Å²) in [5, 5.41) is 25.7. The van der Waals surface area contributed by atoms with Crippen LogP contribution in [0.3, 0.4) is 0 Å². The lowest BCUT2D eigenvalue weighted by molar-refractivity contribution is -0.463. The lowest BCUT2D eigenvalue weighted by Gasteiger charge is -2.37. The average molecular weight is 719 g/mol. The number of thiophene rings is 1. The second-order valence-electron chi connectivity index (χ2n) is 10.7. The van der Waals surface area contributed by atoms with Gasteiger partial charge in [0.05, 0.1) is 31.7 Å². The summed E-state index contributed by atoms with van der Waals surface area (Å²) in [5.41, 5.74) is 1.06. The van der Waals surface area contributed by atoms with Crippen molar-refractivity contribution in [1.82, 2.24) is 20.5 Å². The zero-order valence-electron chi connectivity index (χ0n) is 25.4. The number of aliphatic imine (C=N–C) groups is 1. The van der Waals surface area contributed by atoms with Gasteiger partial charge in [0.25, 0.3) is 12.5 Å². The van der Waals surface area contributed by atoms with Crippen LogP contribution in [0, 0.1) is 22.0 Å².